The second kappa shape index (κ2) is 4.68. The highest BCUT2D eigenvalue weighted by Gasteiger charge is 2.25. The molecule has 4 heteroatoms. The van der Waals surface area contributed by atoms with Gasteiger partial charge in [-0.1, -0.05) is 13.3 Å². The third-order valence-electron chi connectivity index (χ3n) is 2.11. The highest BCUT2D eigenvalue weighted by atomic mass is 16.5. The Morgan fingerprint density at radius 3 is 2.31 bits per heavy atom. The fourth-order valence-electron chi connectivity index (χ4n) is 1.32. The first kappa shape index (κ1) is 12.7. The molecule has 90 valence electrons. The molecule has 4 nitrogen and oxygen atoms in total. The predicted molar refractivity (Wildman–Crippen MR) is 65.1 cm³/mol. The zero-order valence-corrected chi connectivity index (χ0v) is 10.3. The Morgan fingerprint density at radius 2 is 1.81 bits per heavy atom. The first-order chi connectivity index (χ1) is 7.37. The van der Waals surface area contributed by atoms with Crippen LogP contribution in [0.25, 0.3) is 0 Å². The van der Waals surface area contributed by atoms with E-state index in [0.29, 0.717) is 12.3 Å². The Bertz CT molecular complexity index is 422. The lowest BCUT2D eigenvalue weighted by molar-refractivity contribution is 0.304. The van der Waals surface area contributed by atoms with E-state index >= 15 is 0 Å². The summed E-state index contributed by atoms with van der Waals surface area (Å²) in [4.78, 5) is 22.6. The van der Waals surface area contributed by atoms with E-state index in [0.717, 1.165) is 12.8 Å². The van der Waals surface area contributed by atoms with Crippen molar-refractivity contribution in [3.05, 3.63) is 20.4 Å². The van der Waals surface area contributed by atoms with Crippen LogP contribution in [0.1, 0.15) is 40.5 Å². The van der Waals surface area contributed by atoms with E-state index in [4.69, 9.17) is 4.74 Å². The van der Waals surface area contributed by atoms with E-state index in [1.807, 2.05) is 27.7 Å². The van der Waals surface area contributed by atoms with Crippen molar-refractivity contribution in [1.82, 2.24) is 0 Å². The van der Waals surface area contributed by atoms with Gasteiger partial charge in [0.05, 0.1) is 6.61 Å². The van der Waals surface area contributed by atoms with Crippen molar-refractivity contribution in [3.8, 4) is 5.75 Å². The predicted octanol–water partition coefficient (Wildman–Crippen LogP) is 1.67. The van der Waals surface area contributed by atoms with Crippen LogP contribution in [-0.4, -0.2) is 12.1 Å². The molecule has 0 fully saturated rings. The van der Waals surface area contributed by atoms with Crippen LogP contribution in [0.5, 0.6) is 5.75 Å². The van der Waals surface area contributed by atoms with Gasteiger partial charge < -0.3 is 10.1 Å². The lowest BCUT2D eigenvalue weighted by atomic mass is 10.1. The van der Waals surface area contributed by atoms with Crippen molar-refractivity contribution in [3.63, 3.8) is 0 Å². The summed E-state index contributed by atoms with van der Waals surface area (Å²) in [7, 11) is 0. The zero-order chi connectivity index (χ0) is 12.3. The summed E-state index contributed by atoms with van der Waals surface area (Å²) in [6.45, 7) is 8.32. The molecule has 0 spiro atoms. The first-order valence-electron chi connectivity index (χ1n) is 5.61. The monoisotopic (exact) mass is 225 g/mol. The quantitative estimate of drug-likeness (QED) is 0.612. The minimum absolute atomic E-state index is 0.202. The highest BCUT2D eigenvalue weighted by molar-refractivity contribution is 5.62. The second-order valence-electron chi connectivity index (χ2n) is 4.94. The molecule has 1 N–H and O–H groups in total. The maximum Gasteiger partial charge on any atom is 0.272 e. The normalized spacial score (nSPS) is 11.8. The van der Waals surface area contributed by atoms with Gasteiger partial charge in [-0.25, -0.2) is 0 Å². The third kappa shape index (κ3) is 2.84. The minimum atomic E-state index is -0.511. The van der Waals surface area contributed by atoms with Crippen molar-refractivity contribution < 1.29 is 4.74 Å². The number of unbranched alkanes of at least 4 members (excludes halogenated alkanes) is 1. The van der Waals surface area contributed by atoms with Gasteiger partial charge in [-0.2, -0.15) is 0 Å². The van der Waals surface area contributed by atoms with Crippen LogP contribution in [0.2, 0.25) is 0 Å². The van der Waals surface area contributed by atoms with Crippen molar-refractivity contribution in [2.45, 2.75) is 46.1 Å². The van der Waals surface area contributed by atoms with Gasteiger partial charge in [0, 0.05) is 5.54 Å². The lowest BCUT2D eigenvalue weighted by Crippen LogP contribution is -2.40. The average molecular weight is 225 g/mol. The van der Waals surface area contributed by atoms with Crippen LogP contribution in [0.4, 0.5) is 5.69 Å². The molecule has 1 aromatic carbocycles. The molecular formula is C12H19NO3. The summed E-state index contributed by atoms with van der Waals surface area (Å²) in [5.74, 6) is 0.202. The van der Waals surface area contributed by atoms with E-state index < -0.39 is 10.9 Å². The van der Waals surface area contributed by atoms with Crippen molar-refractivity contribution in [2.75, 3.05) is 11.9 Å². The maximum absolute atomic E-state index is 11.3. The van der Waals surface area contributed by atoms with E-state index in [1.165, 1.54) is 0 Å². The number of ether oxygens (including phenoxy) is 1. The Morgan fingerprint density at radius 1 is 1.19 bits per heavy atom. The van der Waals surface area contributed by atoms with Gasteiger partial charge in [-0.3, -0.25) is 9.59 Å². The molecule has 0 aliphatic rings. The Labute approximate surface area is 95.3 Å². The minimum Gasteiger partial charge on any atom is -0.487 e. The van der Waals surface area contributed by atoms with E-state index in [1.54, 1.807) is 0 Å². The Kier molecular flexibility index (Phi) is 3.73. The van der Waals surface area contributed by atoms with Gasteiger partial charge in [0.25, 0.3) is 10.9 Å². The van der Waals surface area contributed by atoms with Crippen LogP contribution < -0.4 is 20.9 Å². The van der Waals surface area contributed by atoms with Crippen LogP contribution in [0.3, 0.4) is 0 Å². The highest BCUT2D eigenvalue weighted by Crippen LogP contribution is 2.21. The van der Waals surface area contributed by atoms with Gasteiger partial charge in [-0.05, 0) is 27.2 Å². The number of hydrogen-bond acceptors (Lipinski definition) is 4. The van der Waals surface area contributed by atoms with Gasteiger partial charge in [0.15, 0.2) is 5.75 Å². The summed E-state index contributed by atoms with van der Waals surface area (Å²) in [6.07, 6.45) is 1.88. The summed E-state index contributed by atoms with van der Waals surface area (Å²) in [5, 5.41) is 3.00. The van der Waals surface area contributed by atoms with Crippen molar-refractivity contribution in [2.24, 2.45) is 0 Å². The summed E-state index contributed by atoms with van der Waals surface area (Å²) in [6, 6.07) is 0. The van der Waals surface area contributed by atoms with Crippen LogP contribution >= 0.6 is 0 Å². The molecule has 0 heterocycles. The van der Waals surface area contributed by atoms with E-state index in [9.17, 15) is 9.59 Å². The zero-order valence-electron chi connectivity index (χ0n) is 10.3. The van der Waals surface area contributed by atoms with Crippen molar-refractivity contribution in [1.29, 1.82) is 0 Å². The molecular weight excluding hydrogens is 206 g/mol. The first-order valence-corrected chi connectivity index (χ1v) is 5.61. The molecule has 0 amide bonds. The van der Waals surface area contributed by atoms with E-state index in [-0.39, 0.29) is 11.3 Å². The second-order valence-corrected chi connectivity index (χ2v) is 4.94. The molecule has 1 aromatic rings. The molecule has 0 radical (unpaired) electrons. The smallest absolute Gasteiger partial charge is 0.272 e. The molecule has 0 saturated heterocycles. The Balaban J connectivity index is 2.74. The van der Waals surface area contributed by atoms with Gasteiger partial charge in [0.2, 0.25) is 0 Å². The maximum atomic E-state index is 11.3. The molecule has 16 heavy (non-hydrogen) atoms. The SMILES string of the molecule is CCCCOc1c(NC(C)(C)C)c(=O)c1=O. The third-order valence-corrected chi connectivity index (χ3v) is 2.11. The lowest BCUT2D eigenvalue weighted by Gasteiger charge is -2.24. The van der Waals surface area contributed by atoms with Crippen LogP contribution in [-0.2, 0) is 0 Å². The molecule has 0 aromatic heterocycles. The number of hydrogen-bond donors (Lipinski definition) is 1. The van der Waals surface area contributed by atoms with Gasteiger partial charge in [0.1, 0.15) is 5.69 Å². The van der Waals surface area contributed by atoms with Gasteiger partial charge in [-0.15, -0.1) is 0 Å². The Hall–Kier alpha value is -1.32. The van der Waals surface area contributed by atoms with E-state index in [2.05, 4.69) is 5.32 Å². The van der Waals surface area contributed by atoms with Crippen LogP contribution in [0, 0.1) is 0 Å². The molecule has 0 atom stereocenters. The number of rotatable bonds is 5. The van der Waals surface area contributed by atoms with Gasteiger partial charge >= 0.3 is 0 Å². The van der Waals surface area contributed by atoms with Crippen molar-refractivity contribution >= 4 is 5.69 Å². The molecule has 0 aliphatic carbocycles. The molecule has 0 saturated carbocycles. The molecule has 0 bridgehead atoms. The standard InChI is InChI=1S/C12H19NO3/c1-5-6-7-16-11-8(9(14)10(11)15)13-12(2,3)4/h13H,5-7H2,1-4H3. The molecule has 0 unspecified atom stereocenters. The average Bonchev–Trinajstić information content (AvgIpc) is 2.20. The summed E-state index contributed by atoms with van der Waals surface area (Å²) >= 11 is 0. The summed E-state index contributed by atoms with van der Waals surface area (Å²) < 4.78 is 5.31. The molecule has 0 aliphatic heterocycles. The number of nitrogens with one attached hydrogen (secondary N) is 1. The summed E-state index contributed by atoms with van der Waals surface area (Å²) in [5.41, 5.74) is -0.900. The fraction of sp³-hybridized carbons (Fsp3) is 0.667. The largest absolute Gasteiger partial charge is 0.487 e. The fourth-order valence-corrected chi connectivity index (χ4v) is 1.32. The van der Waals surface area contributed by atoms with Crippen LogP contribution in [0.15, 0.2) is 9.59 Å². The topological polar surface area (TPSA) is 55.4 Å². The number of anilines is 1. The molecule has 1 rings (SSSR count).